The third-order valence-electron chi connectivity index (χ3n) is 2.53. The summed E-state index contributed by atoms with van der Waals surface area (Å²) in [7, 11) is 1.37. The van der Waals surface area contributed by atoms with Gasteiger partial charge in [0.1, 0.15) is 17.3 Å². The minimum atomic E-state index is -0.716. The van der Waals surface area contributed by atoms with Crippen LogP contribution in [0.25, 0.3) is 10.8 Å². The number of hydrogen-bond donors (Lipinski definition) is 2. The number of halogens is 1. The number of carbonyl (C=O) groups is 1. The number of aromatic hydroxyl groups is 1. The number of ether oxygens (including phenoxy) is 1. The molecule has 0 aliphatic carbocycles. The first-order valence-corrected chi connectivity index (χ1v) is 4.83. The first kappa shape index (κ1) is 11.2. The van der Waals surface area contributed by atoms with E-state index in [0.29, 0.717) is 0 Å². The molecule has 3 N–H and O–H groups in total. The summed E-state index contributed by atoms with van der Waals surface area (Å²) in [6.07, 6.45) is 0. The summed E-state index contributed by atoms with van der Waals surface area (Å²) >= 11 is 0. The Bertz CT molecular complexity index is 610. The van der Waals surface area contributed by atoms with Crippen molar-refractivity contribution in [3.63, 3.8) is 0 Å². The number of phenols is 1. The van der Waals surface area contributed by atoms with Gasteiger partial charge in [0.25, 0.3) is 5.91 Å². The smallest absolute Gasteiger partial charge is 0.252 e. The Labute approximate surface area is 96.4 Å². The average molecular weight is 235 g/mol. The summed E-state index contributed by atoms with van der Waals surface area (Å²) in [5.41, 5.74) is 5.24. The molecule has 0 spiro atoms. The highest BCUT2D eigenvalue weighted by Gasteiger charge is 2.14. The van der Waals surface area contributed by atoms with Crippen LogP contribution in [0, 0.1) is 5.82 Å². The zero-order valence-electron chi connectivity index (χ0n) is 9.03. The van der Waals surface area contributed by atoms with E-state index in [0.717, 1.165) is 6.07 Å². The van der Waals surface area contributed by atoms with Crippen LogP contribution in [-0.2, 0) is 0 Å². The summed E-state index contributed by atoms with van der Waals surface area (Å²) in [4.78, 5) is 11.2. The van der Waals surface area contributed by atoms with E-state index in [1.807, 2.05) is 0 Å². The van der Waals surface area contributed by atoms with Gasteiger partial charge in [0, 0.05) is 10.8 Å². The van der Waals surface area contributed by atoms with Crippen molar-refractivity contribution in [3.8, 4) is 11.5 Å². The molecule has 88 valence electrons. The van der Waals surface area contributed by atoms with E-state index < -0.39 is 11.7 Å². The van der Waals surface area contributed by atoms with Crippen molar-refractivity contribution < 1.29 is 19.0 Å². The molecule has 0 aliphatic heterocycles. The Kier molecular flexibility index (Phi) is 2.59. The molecule has 0 unspecified atom stereocenters. The van der Waals surface area contributed by atoms with Gasteiger partial charge in [-0.25, -0.2) is 4.39 Å². The van der Waals surface area contributed by atoms with Crippen LogP contribution < -0.4 is 10.5 Å². The number of rotatable bonds is 2. The number of hydrogen-bond acceptors (Lipinski definition) is 3. The molecular formula is C12H10FNO3. The van der Waals surface area contributed by atoms with Crippen molar-refractivity contribution in [1.29, 1.82) is 0 Å². The summed E-state index contributed by atoms with van der Waals surface area (Å²) in [6, 6.07) is 5.01. The van der Waals surface area contributed by atoms with Gasteiger partial charge >= 0.3 is 0 Å². The molecule has 5 heteroatoms. The molecule has 2 aromatic carbocycles. The maximum absolute atomic E-state index is 13.5. The van der Waals surface area contributed by atoms with Crippen molar-refractivity contribution in [2.24, 2.45) is 5.73 Å². The Morgan fingerprint density at radius 1 is 1.35 bits per heavy atom. The minimum absolute atomic E-state index is 0.0736. The monoisotopic (exact) mass is 235 g/mol. The Balaban J connectivity index is 2.87. The average Bonchev–Trinajstić information content (AvgIpc) is 2.32. The molecule has 0 heterocycles. The number of phenolic OH excluding ortho intramolecular Hbond substituents is 1. The van der Waals surface area contributed by atoms with E-state index in [1.165, 1.54) is 25.3 Å². The molecule has 0 saturated carbocycles. The molecule has 0 atom stereocenters. The predicted octanol–water partition coefficient (Wildman–Crippen LogP) is 1.79. The van der Waals surface area contributed by atoms with Crippen molar-refractivity contribution >= 4 is 16.7 Å². The van der Waals surface area contributed by atoms with E-state index in [1.54, 1.807) is 0 Å². The summed E-state index contributed by atoms with van der Waals surface area (Å²) < 4.78 is 18.5. The molecule has 0 fully saturated rings. The van der Waals surface area contributed by atoms with Gasteiger partial charge in [-0.1, -0.05) is 0 Å². The lowest BCUT2D eigenvalue weighted by molar-refractivity contribution is 0.0997. The Morgan fingerprint density at radius 3 is 2.65 bits per heavy atom. The molecule has 0 saturated heterocycles. The lowest BCUT2D eigenvalue weighted by Crippen LogP contribution is -2.12. The third-order valence-corrected chi connectivity index (χ3v) is 2.53. The van der Waals surface area contributed by atoms with E-state index in [2.05, 4.69) is 0 Å². The second kappa shape index (κ2) is 3.93. The normalized spacial score (nSPS) is 10.5. The molecule has 17 heavy (non-hydrogen) atoms. The number of primary amides is 1. The molecule has 2 aromatic rings. The van der Waals surface area contributed by atoms with E-state index in [-0.39, 0.29) is 27.8 Å². The first-order chi connectivity index (χ1) is 8.04. The lowest BCUT2D eigenvalue weighted by atomic mass is 10.0. The van der Waals surface area contributed by atoms with Gasteiger partial charge in [-0.05, 0) is 24.3 Å². The van der Waals surface area contributed by atoms with E-state index in [9.17, 15) is 14.3 Å². The van der Waals surface area contributed by atoms with Crippen LogP contribution in [-0.4, -0.2) is 18.1 Å². The van der Waals surface area contributed by atoms with Gasteiger partial charge in [0.15, 0.2) is 0 Å². The van der Waals surface area contributed by atoms with Crippen LogP contribution in [0.1, 0.15) is 10.4 Å². The zero-order valence-corrected chi connectivity index (χ0v) is 9.03. The highest BCUT2D eigenvalue weighted by atomic mass is 19.1. The Morgan fingerprint density at radius 2 is 2.06 bits per heavy atom. The number of methoxy groups -OCH3 is 1. The summed E-state index contributed by atoms with van der Waals surface area (Å²) in [5.74, 6) is -1.14. The summed E-state index contributed by atoms with van der Waals surface area (Å²) in [6.45, 7) is 0. The number of carbonyl (C=O) groups excluding carboxylic acids is 1. The molecule has 1 amide bonds. The maximum Gasteiger partial charge on any atom is 0.252 e. The van der Waals surface area contributed by atoms with Crippen molar-refractivity contribution in [2.75, 3.05) is 7.11 Å². The SMILES string of the molecule is COc1cc2c(O)ccc(F)c2cc1C(N)=O. The van der Waals surface area contributed by atoms with Crippen LogP contribution >= 0.6 is 0 Å². The predicted molar refractivity (Wildman–Crippen MR) is 60.6 cm³/mol. The fraction of sp³-hybridized carbons (Fsp3) is 0.0833. The standard InChI is InChI=1S/C12H10FNO3/c1-17-11-5-7-6(4-8(11)12(14)16)9(13)2-3-10(7)15/h2-5,15H,1H3,(H2,14,16). The molecule has 0 aromatic heterocycles. The number of amides is 1. The molecular weight excluding hydrogens is 225 g/mol. The van der Waals surface area contributed by atoms with Crippen molar-refractivity contribution in [2.45, 2.75) is 0 Å². The largest absolute Gasteiger partial charge is 0.507 e. The topological polar surface area (TPSA) is 72.6 Å². The van der Waals surface area contributed by atoms with Crippen LogP contribution in [0.4, 0.5) is 4.39 Å². The molecule has 0 bridgehead atoms. The zero-order chi connectivity index (χ0) is 12.6. The van der Waals surface area contributed by atoms with E-state index >= 15 is 0 Å². The highest BCUT2D eigenvalue weighted by molar-refractivity contribution is 6.02. The number of fused-ring (bicyclic) bond motifs is 1. The second-order valence-corrected chi connectivity index (χ2v) is 3.53. The number of nitrogens with two attached hydrogens (primary N) is 1. The van der Waals surface area contributed by atoms with Crippen LogP contribution in [0.3, 0.4) is 0 Å². The lowest BCUT2D eigenvalue weighted by Gasteiger charge is -2.09. The fourth-order valence-corrected chi connectivity index (χ4v) is 1.68. The highest BCUT2D eigenvalue weighted by Crippen LogP contribution is 2.32. The van der Waals surface area contributed by atoms with Gasteiger partial charge in [0.05, 0.1) is 12.7 Å². The van der Waals surface area contributed by atoms with Crippen LogP contribution in [0.5, 0.6) is 11.5 Å². The van der Waals surface area contributed by atoms with Crippen molar-refractivity contribution in [1.82, 2.24) is 0 Å². The van der Waals surface area contributed by atoms with E-state index in [4.69, 9.17) is 10.5 Å². The van der Waals surface area contributed by atoms with Crippen LogP contribution in [0.15, 0.2) is 24.3 Å². The third kappa shape index (κ3) is 1.75. The van der Waals surface area contributed by atoms with Crippen LogP contribution in [0.2, 0.25) is 0 Å². The molecule has 4 nitrogen and oxygen atoms in total. The second-order valence-electron chi connectivity index (χ2n) is 3.53. The fourth-order valence-electron chi connectivity index (χ4n) is 1.68. The quantitative estimate of drug-likeness (QED) is 0.833. The molecule has 0 radical (unpaired) electrons. The first-order valence-electron chi connectivity index (χ1n) is 4.83. The van der Waals surface area contributed by atoms with Gasteiger partial charge in [-0.2, -0.15) is 0 Å². The maximum atomic E-state index is 13.5. The minimum Gasteiger partial charge on any atom is -0.507 e. The van der Waals surface area contributed by atoms with Gasteiger partial charge in [-0.3, -0.25) is 4.79 Å². The van der Waals surface area contributed by atoms with Gasteiger partial charge < -0.3 is 15.6 Å². The Hall–Kier alpha value is -2.30. The number of benzene rings is 2. The molecule has 0 aliphatic rings. The molecule has 2 rings (SSSR count). The van der Waals surface area contributed by atoms with Gasteiger partial charge in [-0.15, -0.1) is 0 Å². The summed E-state index contributed by atoms with van der Waals surface area (Å²) in [5, 5.41) is 10.0. The van der Waals surface area contributed by atoms with Gasteiger partial charge in [0.2, 0.25) is 0 Å². The van der Waals surface area contributed by atoms with Crippen molar-refractivity contribution in [3.05, 3.63) is 35.6 Å².